The number of sulfonamides is 1. The molecule has 1 aromatic carbocycles. The number of allylic oxidation sites excluding steroid dienone is 1. The number of carbonyl (C=O) groups is 1. The van der Waals surface area contributed by atoms with Crippen molar-refractivity contribution in [2.75, 3.05) is 0 Å². The van der Waals surface area contributed by atoms with Crippen LogP contribution in [0, 0.1) is 0 Å². The number of nitrogens with zero attached hydrogens (tertiary/aromatic N) is 1. The fourth-order valence-electron chi connectivity index (χ4n) is 1.28. The molecule has 1 aliphatic rings. The minimum atomic E-state index is -4.06. The summed E-state index contributed by atoms with van der Waals surface area (Å²) in [7, 11) is -4.06. The number of rotatable bonds is 2. The Balaban J connectivity index is 2.25. The first kappa shape index (κ1) is 12.1. The Morgan fingerprint density at radius 3 is 2.39 bits per heavy atom. The number of carbonyl (C=O) groups excluding carboxylic acids is 1. The summed E-state index contributed by atoms with van der Waals surface area (Å²) in [5.41, 5.74) is 5.08. The van der Waals surface area contributed by atoms with Crippen molar-refractivity contribution in [3.05, 3.63) is 34.9 Å². The number of phenols is 1. The monoisotopic (exact) mass is 268 g/mol. The summed E-state index contributed by atoms with van der Waals surface area (Å²) in [6, 6.07) is 5.21. The summed E-state index contributed by atoms with van der Waals surface area (Å²) in [5.74, 6) is -1.04. The van der Waals surface area contributed by atoms with E-state index < -0.39 is 20.9 Å². The molecule has 0 atom stereocenters. The van der Waals surface area contributed by atoms with E-state index in [9.17, 15) is 13.2 Å². The predicted molar refractivity (Wildman–Crippen MR) is 62.4 cm³/mol. The van der Waals surface area contributed by atoms with Crippen LogP contribution in [0.25, 0.3) is 0 Å². The Morgan fingerprint density at radius 1 is 1.28 bits per heavy atom. The van der Waals surface area contributed by atoms with E-state index in [2.05, 4.69) is 4.40 Å². The van der Waals surface area contributed by atoms with Gasteiger partial charge in [0.05, 0.1) is 11.9 Å². The molecule has 0 saturated carbocycles. The average Bonchev–Trinajstić information content (AvgIpc) is 2.56. The van der Waals surface area contributed by atoms with Gasteiger partial charge in [-0.15, -0.1) is 0 Å². The molecule has 8 heteroatoms. The van der Waals surface area contributed by atoms with E-state index in [4.69, 9.17) is 15.6 Å². The van der Waals surface area contributed by atoms with E-state index in [1.54, 1.807) is 0 Å². The fourth-order valence-corrected chi connectivity index (χ4v) is 2.24. The first-order chi connectivity index (χ1) is 8.40. The number of hydrogen-bond donors (Lipinski definition) is 2. The summed E-state index contributed by atoms with van der Waals surface area (Å²) in [6.45, 7) is 0. The highest BCUT2D eigenvalue weighted by atomic mass is 32.2. The zero-order chi connectivity index (χ0) is 13.3. The Hall–Kier alpha value is -2.35. The molecule has 0 saturated heterocycles. The Labute approximate surface area is 102 Å². The standard InChI is InChI=1S/C10H8N2O5S/c11-8-5-12-18(15,16)9(8)10(14)17-7-3-1-6(13)2-4-7/h1-5,13H,11H2. The molecule has 0 amide bonds. The minimum Gasteiger partial charge on any atom is -0.508 e. The highest BCUT2D eigenvalue weighted by molar-refractivity contribution is 7.95. The number of hydrogen-bond acceptors (Lipinski definition) is 6. The first-order valence-electron chi connectivity index (χ1n) is 4.71. The SMILES string of the molecule is NC1=C(C(=O)Oc2ccc(O)cc2)S(=O)(=O)N=C1. The first-order valence-corrected chi connectivity index (χ1v) is 6.15. The lowest BCUT2D eigenvalue weighted by atomic mass is 10.3. The minimum absolute atomic E-state index is 0.00894. The average molecular weight is 268 g/mol. The Bertz CT molecular complexity index is 658. The van der Waals surface area contributed by atoms with Gasteiger partial charge in [-0.2, -0.15) is 12.8 Å². The van der Waals surface area contributed by atoms with Gasteiger partial charge >= 0.3 is 5.97 Å². The Kier molecular flexibility index (Phi) is 2.79. The smallest absolute Gasteiger partial charge is 0.359 e. The third-order valence-corrected chi connectivity index (χ3v) is 3.38. The molecule has 0 fully saturated rings. The molecule has 0 bridgehead atoms. The van der Waals surface area contributed by atoms with Crippen molar-refractivity contribution < 1.29 is 23.1 Å². The summed E-state index contributed by atoms with van der Waals surface area (Å²) in [4.78, 5) is 11.0. The van der Waals surface area contributed by atoms with Crippen LogP contribution in [-0.4, -0.2) is 25.7 Å². The van der Waals surface area contributed by atoms with Crippen molar-refractivity contribution in [1.29, 1.82) is 0 Å². The summed E-state index contributed by atoms with van der Waals surface area (Å²) < 4.78 is 30.7. The number of phenolic OH excluding ortho intramolecular Hbond substituents is 1. The molecular formula is C10H8N2O5S. The number of benzene rings is 1. The molecule has 1 aromatic rings. The van der Waals surface area contributed by atoms with Crippen LogP contribution in [0.1, 0.15) is 0 Å². The highest BCUT2D eigenvalue weighted by Crippen LogP contribution is 2.21. The van der Waals surface area contributed by atoms with E-state index in [1.165, 1.54) is 24.3 Å². The molecule has 3 N–H and O–H groups in total. The fraction of sp³-hybridized carbons (Fsp3) is 0. The van der Waals surface area contributed by atoms with Gasteiger partial charge in [0.15, 0.2) is 4.91 Å². The lowest BCUT2D eigenvalue weighted by Gasteiger charge is -2.04. The van der Waals surface area contributed by atoms with Crippen molar-refractivity contribution in [2.24, 2.45) is 10.1 Å². The van der Waals surface area contributed by atoms with Crippen LogP contribution >= 0.6 is 0 Å². The molecule has 94 valence electrons. The van der Waals surface area contributed by atoms with Crippen molar-refractivity contribution >= 4 is 22.2 Å². The van der Waals surface area contributed by atoms with E-state index >= 15 is 0 Å². The van der Waals surface area contributed by atoms with Gasteiger partial charge in [-0.05, 0) is 24.3 Å². The largest absolute Gasteiger partial charge is 0.508 e. The number of esters is 1. The topological polar surface area (TPSA) is 119 Å². The van der Waals surface area contributed by atoms with Gasteiger partial charge in [-0.3, -0.25) is 0 Å². The van der Waals surface area contributed by atoms with Gasteiger partial charge in [0.25, 0.3) is 10.0 Å². The summed E-state index contributed by atoms with van der Waals surface area (Å²) in [5, 5.41) is 9.04. The highest BCUT2D eigenvalue weighted by Gasteiger charge is 2.33. The molecule has 0 aliphatic carbocycles. The van der Waals surface area contributed by atoms with Gasteiger partial charge in [0.2, 0.25) is 0 Å². The second-order valence-corrected chi connectivity index (χ2v) is 4.95. The molecule has 1 heterocycles. The van der Waals surface area contributed by atoms with E-state index in [1.807, 2.05) is 0 Å². The maximum Gasteiger partial charge on any atom is 0.359 e. The van der Waals surface area contributed by atoms with Crippen LogP contribution in [0.2, 0.25) is 0 Å². The summed E-state index contributed by atoms with van der Waals surface area (Å²) in [6.07, 6.45) is 0.878. The molecule has 1 aliphatic heterocycles. The second kappa shape index (κ2) is 4.15. The second-order valence-electron chi connectivity index (χ2n) is 3.38. The lowest BCUT2D eigenvalue weighted by Crippen LogP contribution is -2.19. The van der Waals surface area contributed by atoms with Crippen LogP contribution in [0.15, 0.2) is 39.3 Å². The lowest BCUT2D eigenvalue weighted by molar-refractivity contribution is -0.129. The van der Waals surface area contributed by atoms with Crippen LogP contribution < -0.4 is 10.5 Å². The van der Waals surface area contributed by atoms with Gasteiger partial charge in [-0.25, -0.2) is 4.79 Å². The maximum atomic E-state index is 11.6. The maximum absolute atomic E-state index is 11.6. The van der Waals surface area contributed by atoms with Gasteiger partial charge in [0.1, 0.15) is 11.5 Å². The van der Waals surface area contributed by atoms with Crippen molar-refractivity contribution in [3.63, 3.8) is 0 Å². The van der Waals surface area contributed by atoms with Gasteiger partial charge in [0, 0.05) is 0 Å². The van der Waals surface area contributed by atoms with Crippen LogP contribution in [0.4, 0.5) is 0 Å². The van der Waals surface area contributed by atoms with Crippen LogP contribution in [-0.2, 0) is 14.8 Å². The summed E-state index contributed by atoms with van der Waals surface area (Å²) >= 11 is 0. The molecule has 0 spiro atoms. The van der Waals surface area contributed by atoms with Crippen molar-refractivity contribution in [1.82, 2.24) is 0 Å². The van der Waals surface area contributed by atoms with Crippen LogP contribution in [0.3, 0.4) is 0 Å². The molecule has 0 unspecified atom stereocenters. The number of aromatic hydroxyl groups is 1. The molecular weight excluding hydrogens is 260 g/mol. The quantitative estimate of drug-likeness (QED) is 0.570. The zero-order valence-corrected chi connectivity index (χ0v) is 9.72. The Morgan fingerprint density at radius 2 is 1.89 bits per heavy atom. The van der Waals surface area contributed by atoms with E-state index in [-0.39, 0.29) is 17.2 Å². The normalized spacial score (nSPS) is 16.9. The number of ether oxygens (including phenoxy) is 1. The van der Waals surface area contributed by atoms with Crippen molar-refractivity contribution in [2.45, 2.75) is 0 Å². The molecule has 7 nitrogen and oxygen atoms in total. The molecule has 0 radical (unpaired) electrons. The zero-order valence-electron chi connectivity index (χ0n) is 8.90. The van der Waals surface area contributed by atoms with Crippen LogP contribution in [0.5, 0.6) is 11.5 Å². The number of nitrogens with two attached hydrogens (primary N) is 1. The third kappa shape index (κ3) is 2.18. The predicted octanol–water partition coefficient (Wildman–Crippen LogP) is -0.118. The van der Waals surface area contributed by atoms with Crippen molar-refractivity contribution in [3.8, 4) is 11.5 Å². The van der Waals surface area contributed by atoms with Gasteiger partial charge < -0.3 is 15.6 Å². The third-order valence-electron chi connectivity index (χ3n) is 2.08. The van der Waals surface area contributed by atoms with Gasteiger partial charge in [-0.1, -0.05) is 0 Å². The molecule has 0 aromatic heterocycles. The molecule has 18 heavy (non-hydrogen) atoms. The molecule has 2 rings (SSSR count). The van der Waals surface area contributed by atoms with E-state index in [0.717, 1.165) is 6.21 Å². The van der Waals surface area contributed by atoms with E-state index in [0.29, 0.717) is 0 Å².